The standard InChI is InChI=1S/C14H10BrClN2/c15-11-3-1-10(2-4-11)14(9-17)18-13-7-5-12(16)6-8-13/h1-8,14,18H. The number of anilines is 1. The van der Waals surface area contributed by atoms with Gasteiger partial charge in [0.05, 0.1) is 6.07 Å². The van der Waals surface area contributed by atoms with Gasteiger partial charge in [0, 0.05) is 15.2 Å². The molecule has 0 spiro atoms. The van der Waals surface area contributed by atoms with Crippen molar-refractivity contribution in [3.05, 3.63) is 63.6 Å². The van der Waals surface area contributed by atoms with E-state index in [0.717, 1.165) is 15.7 Å². The maximum absolute atomic E-state index is 9.21. The first-order valence-electron chi connectivity index (χ1n) is 5.36. The minimum Gasteiger partial charge on any atom is -0.366 e. The van der Waals surface area contributed by atoms with E-state index in [-0.39, 0.29) is 6.04 Å². The van der Waals surface area contributed by atoms with Crippen LogP contribution in [0, 0.1) is 11.3 Å². The first-order chi connectivity index (χ1) is 8.69. The zero-order valence-corrected chi connectivity index (χ0v) is 11.7. The van der Waals surface area contributed by atoms with Crippen LogP contribution in [0.3, 0.4) is 0 Å². The summed E-state index contributed by atoms with van der Waals surface area (Å²) >= 11 is 9.19. The zero-order chi connectivity index (χ0) is 13.0. The van der Waals surface area contributed by atoms with Gasteiger partial charge in [-0.05, 0) is 42.0 Å². The number of nitrogens with zero attached hydrogens (tertiary/aromatic N) is 1. The molecule has 0 aliphatic rings. The molecule has 0 fully saturated rings. The Balaban J connectivity index is 2.17. The Hall–Kier alpha value is -1.50. The van der Waals surface area contributed by atoms with E-state index in [9.17, 15) is 5.26 Å². The molecule has 0 aliphatic carbocycles. The number of benzene rings is 2. The Morgan fingerprint density at radius 2 is 1.67 bits per heavy atom. The van der Waals surface area contributed by atoms with Gasteiger partial charge in [-0.15, -0.1) is 0 Å². The van der Waals surface area contributed by atoms with E-state index >= 15 is 0 Å². The van der Waals surface area contributed by atoms with Crippen molar-refractivity contribution < 1.29 is 0 Å². The minimum atomic E-state index is -0.376. The van der Waals surface area contributed by atoms with Crippen molar-refractivity contribution in [3.63, 3.8) is 0 Å². The van der Waals surface area contributed by atoms with E-state index in [4.69, 9.17) is 11.6 Å². The first-order valence-corrected chi connectivity index (χ1v) is 6.53. The molecule has 0 saturated heterocycles. The average molecular weight is 322 g/mol. The van der Waals surface area contributed by atoms with Gasteiger partial charge in [-0.3, -0.25) is 0 Å². The molecular formula is C14H10BrClN2. The van der Waals surface area contributed by atoms with Crippen molar-refractivity contribution in [1.29, 1.82) is 5.26 Å². The van der Waals surface area contributed by atoms with Crippen molar-refractivity contribution in [2.24, 2.45) is 0 Å². The lowest BCUT2D eigenvalue weighted by atomic mass is 10.1. The van der Waals surface area contributed by atoms with Gasteiger partial charge in [0.2, 0.25) is 0 Å². The number of rotatable bonds is 3. The predicted molar refractivity (Wildman–Crippen MR) is 77.6 cm³/mol. The first kappa shape index (κ1) is 12.9. The third-order valence-electron chi connectivity index (χ3n) is 2.49. The molecular weight excluding hydrogens is 312 g/mol. The van der Waals surface area contributed by atoms with Crippen molar-refractivity contribution in [2.45, 2.75) is 6.04 Å². The molecule has 0 amide bonds. The molecule has 1 unspecified atom stereocenters. The van der Waals surface area contributed by atoms with Crippen LogP contribution in [0.15, 0.2) is 53.0 Å². The van der Waals surface area contributed by atoms with Crippen LogP contribution in [0.5, 0.6) is 0 Å². The lowest BCUT2D eigenvalue weighted by Crippen LogP contribution is -2.08. The molecule has 18 heavy (non-hydrogen) atoms. The largest absolute Gasteiger partial charge is 0.366 e. The molecule has 0 aliphatic heterocycles. The van der Waals surface area contributed by atoms with Crippen molar-refractivity contribution in [3.8, 4) is 6.07 Å². The van der Waals surface area contributed by atoms with Crippen LogP contribution in [0.1, 0.15) is 11.6 Å². The number of nitrogens with one attached hydrogen (secondary N) is 1. The summed E-state index contributed by atoms with van der Waals surface area (Å²) in [7, 11) is 0. The van der Waals surface area contributed by atoms with E-state index in [1.54, 1.807) is 12.1 Å². The Morgan fingerprint density at radius 3 is 2.22 bits per heavy atom. The average Bonchev–Trinajstić information content (AvgIpc) is 2.39. The van der Waals surface area contributed by atoms with Gasteiger partial charge in [-0.2, -0.15) is 5.26 Å². The number of halogens is 2. The molecule has 0 aromatic heterocycles. The number of hydrogen-bond acceptors (Lipinski definition) is 2. The molecule has 90 valence electrons. The van der Waals surface area contributed by atoms with E-state index < -0.39 is 0 Å². The number of nitriles is 1. The Kier molecular flexibility index (Phi) is 4.24. The van der Waals surface area contributed by atoms with Crippen LogP contribution < -0.4 is 5.32 Å². The molecule has 0 heterocycles. The van der Waals surface area contributed by atoms with E-state index in [2.05, 4.69) is 27.3 Å². The van der Waals surface area contributed by atoms with E-state index in [1.807, 2.05) is 36.4 Å². The summed E-state index contributed by atoms with van der Waals surface area (Å²) in [5.74, 6) is 0. The second-order valence-corrected chi connectivity index (χ2v) is 5.12. The molecule has 4 heteroatoms. The van der Waals surface area contributed by atoms with E-state index in [1.165, 1.54) is 0 Å². The molecule has 1 atom stereocenters. The summed E-state index contributed by atoms with van der Waals surface area (Å²) in [5, 5.41) is 13.0. The summed E-state index contributed by atoms with van der Waals surface area (Å²) in [6, 6.07) is 16.8. The van der Waals surface area contributed by atoms with Gasteiger partial charge >= 0.3 is 0 Å². The normalized spacial score (nSPS) is 11.6. The topological polar surface area (TPSA) is 35.8 Å². The van der Waals surface area contributed by atoms with Crippen LogP contribution >= 0.6 is 27.5 Å². The lowest BCUT2D eigenvalue weighted by Gasteiger charge is -2.13. The molecule has 0 saturated carbocycles. The summed E-state index contributed by atoms with van der Waals surface area (Å²) in [6.07, 6.45) is 0. The minimum absolute atomic E-state index is 0.376. The SMILES string of the molecule is N#CC(Nc1ccc(Cl)cc1)c1ccc(Br)cc1. The fraction of sp³-hybridized carbons (Fsp3) is 0.0714. The fourth-order valence-electron chi connectivity index (χ4n) is 1.56. The molecule has 2 nitrogen and oxygen atoms in total. The summed E-state index contributed by atoms with van der Waals surface area (Å²) in [5.41, 5.74) is 1.80. The summed E-state index contributed by atoms with van der Waals surface area (Å²) < 4.78 is 0.995. The van der Waals surface area contributed by atoms with Crippen molar-refractivity contribution in [2.75, 3.05) is 5.32 Å². The highest BCUT2D eigenvalue weighted by atomic mass is 79.9. The third kappa shape index (κ3) is 3.25. The van der Waals surface area contributed by atoms with Crippen LogP contribution in [0.25, 0.3) is 0 Å². The Morgan fingerprint density at radius 1 is 1.06 bits per heavy atom. The summed E-state index contributed by atoms with van der Waals surface area (Å²) in [4.78, 5) is 0. The molecule has 2 aromatic rings. The van der Waals surface area contributed by atoms with Crippen LogP contribution in [0.4, 0.5) is 5.69 Å². The molecule has 1 N–H and O–H groups in total. The van der Waals surface area contributed by atoms with Crippen LogP contribution in [-0.2, 0) is 0 Å². The van der Waals surface area contributed by atoms with Gasteiger partial charge in [0.25, 0.3) is 0 Å². The highest BCUT2D eigenvalue weighted by molar-refractivity contribution is 9.10. The van der Waals surface area contributed by atoms with Gasteiger partial charge in [-0.1, -0.05) is 39.7 Å². The monoisotopic (exact) mass is 320 g/mol. The second-order valence-electron chi connectivity index (χ2n) is 3.76. The quantitative estimate of drug-likeness (QED) is 0.883. The van der Waals surface area contributed by atoms with Crippen LogP contribution in [0.2, 0.25) is 5.02 Å². The molecule has 2 aromatic carbocycles. The van der Waals surface area contributed by atoms with Gasteiger partial charge in [0.15, 0.2) is 0 Å². The third-order valence-corrected chi connectivity index (χ3v) is 3.27. The van der Waals surface area contributed by atoms with Crippen LogP contribution in [-0.4, -0.2) is 0 Å². The fourth-order valence-corrected chi connectivity index (χ4v) is 1.95. The highest BCUT2D eigenvalue weighted by Crippen LogP contribution is 2.22. The zero-order valence-electron chi connectivity index (χ0n) is 9.40. The van der Waals surface area contributed by atoms with Crippen molar-refractivity contribution in [1.82, 2.24) is 0 Å². The number of hydrogen-bond donors (Lipinski definition) is 1. The maximum Gasteiger partial charge on any atom is 0.140 e. The Labute approximate surface area is 119 Å². The van der Waals surface area contributed by atoms with Gasteiger partial charge in [0.1, 0.15) is 6.04 Å². The lowest BCUT2D eigenvalue weighted by molar-refractivity contribution is 0.997. The van der Waals surface area contributed by atoms with Gasteiger partial charge in [-0.25, -0.2) is 0 Å². The summed E-state index contributed by atoms with van der Waals surface area (Å²) in [6.45, 7) is 0. The molecule has 0 radical (unpaired) electrons. The molecule has 2 rings (SSSR count). The highest BCUT2D eigenvalue weighted by Gasteiger charge is 2.09. The smallest absolute Gasteiger partial charge is 0.140 e. The second kappa shape index (κ2) is 5.90. The Bertz CT molecular complexity index is 558. The van der Waals surface area contributed by atoms with Crippen molar-refractivity contribution >= 4 is 33.2 Å². The van der Waals surface area contributed by atoms with Gasteiger partial charge < -0.3 is 5.32 Å². The molecule has 0 bridgehead atoms. The maximum atomic E-state index is 9.21. The van der Waals surface area contributed by atoms with E-state index in [0.29, 0.717) is 5.02 Å². The predicted octanol–water partition coefficient (Wildman–Crippen LogP) is 4.78.